The zero-order chi connectivity index (χ0) is 13.3. The van der Waals surface area contributed by atoms with Crippen molar-refractivity contribution in [3.8, 4) is 0 Å². The maximum Gasteiger partial charge on any atom is 0.138 e. The van der Waals surface area contributed by atoms with Gasteiger partial charge in [-0.15, -0.1) is 0 Å². The number of aliphatic hydroxyl groups is 2. The standard InChI is InChI=1S/C14H26O3/c1-5-11(3)7-13(9-15)17-14(10-16)8-12(4)6-2/h9-12,15-16H,5-8H2,1-4H3. The molecule has 0 aromatic rings. The van der Waals surface area contributed by atoms with Crippen LogP contribution in [0.5, 0.6) is 0 Å². The highest BCUT2D eigenvalue weighted by atomic mass is 16.5. The first-order valence-corrected chi connectivity index (χ1v) is 6.41. The van der Waals surface area contributed by atoms with E-state index in [1.54, 1.807) is 0 Å². The largest absolute Gasteiger partial charge is 0.512 e. The van der Waals surface area contributed by atoms with Gasteiger partial charge in [-0.25, -0.2) is 0 Å². The van der Waals surface area contributed by atoms with Crippen LogP contribution in [0.3, 0.4) is 0 Å². The molecule has 0 aliphatic carbocycles. The second kappa shape index (κ2) is 8.97. The molecule has 0 bridgehead atoms. The van der Waals surface area contributed by atoms with E-state index in [9.17, 15) is 0 Å². The molecule has 0 aromatic heterocycles. The molecule has 0 rings (SSSR count). The fourth-order valence-corrected chi connectivity index (χ4v) is 1.39. The Morgan fingerprint density at radius 1 is 0.941 bits per heavy atom. The Labute approximate surface area is 105 Å². The lowest BCUT2D eigenvalue weighted by Gasteiger charge is -2.16. The smallest absolute Gasteiger partial charge is 0.138 e. The van der Waals surface area contributed by atoms with E-state index in [1.807, 2.05) is 0 Å². The van der Waals surface area contributed by atoms with Crippen molar-refractivity contribution in [2.24, 2.45) is 11.8 Å². The summed E-state index contributed by atoms with van der Waals surface area (Å²) in [6.45, 7) is 8.40. The van der Waals surface area contributed by atoms with Crippen molar-refractivity contribution < 1.29 is 14.9 Å². The van der Waals surface area contributed by atoms with E-state index >= 15 is 0 Å². The summed E-state index contributed by atoms with van der Waals surface area (Å²) in [4.78, 5) is 0. The fourth-order valence-electron chi connectivity index (χ4n) is 1.39. The van der Waals surface area contributed by atoms with Gasteiger partial charge in [-0.3, -0.25) is 0 Å². The zero-order valence-electron chi connectivity index (χ0n) is 11.4. The lowest BCUT2D eigenvalue weighted by molar-refractivity contribution is 0.220. The summed E-state index contributed by atoms with van der Waals surface area (Å²) in [5, 5.41) is 18.2. The van der Waals surface area contributed by atoms with Crippen LogP contribution in [0.4, 0.5) is 0 Å². The van der Waals surface area contributed by atoms with Gasteiger partial charge in [0.1, 0.15) is 24.0 Å². The van der Waals surface area contributed by atoms with E-state index < -0.39 is 0 Å². The van der Waals surface area contributed by atoms with Crippen molar-refractivity contribution in [2.75, 3.05) is 0 Å². The molecule has 0 saturated carbocycles. The maximum absolute atomic E-state index is 9.11. The Morgan fingerprint density at radius 3 is 1.53 bits per heavy atom. The molecule has 0 radical (unpaired) electrons. The Morgan fingerprint density at radius 2 is 1.29 bits per heavy atom. The third kappa shape index (κ3) is 6.93. The number of hydrogen-bond acceptors (Lipinski definition) is 3. The molecule has 0 spiro atoms. The molecule has 2 unspecified atom stereocenters. The molecular weight excluding hydrogens is 216 g/mol. The number of allylic oxidation sites excluding steroid dienone is 2. The average Bonchev–Trinajstić information content (AvgIpc) is 2.36. The summed E-state index contributed by atoms with van der Waals surface area (Å²) >= 11 is 0. The average molecular weight is 242 g/mol. The zero-order valence-corrected chi connectivity index (χ0v) is 11.4. The van der Waals surface area contributed by atoms with Crippen LogP contribution in [0.1, 0.15) is 53.4 Å². The van der Waals surface area contributed by atoms with Crippen molar-refractivity contribution in [3.05, 3.63) is 24.0 Å². The highest BCUT2D eigenvalue weighted by molar-refractivity contribution is 4.98. The van der Waals surface area contributed by atoms with E-state index in [0.29, 0.717) is 36.2 Å². The van der Waals surface area contributed by atoms with E-state index in [4.69, 9.17) is 14.9 Å². The van der Waals surface area contributed by atoms with E-state index in [-0.39, 0.29) is 0 Å². The molecule has 0 saturated heterocycles. The molecule has 0 aliphatic heterocycles. The Hall–Kier alpha value is -1.12. The van der Waals surface area contributed by atoms with Gasteiger partial charge in [0.2, 0.25) is 0 Å². The summed E-state index contributed by atoms with van der Waals surface area (Å²) in [6, 6.07) is 0. The molecule has 0 fully saturated rings. The molecule has 2 atom stereocenters. The summed E-state index contributed by atoms with van der Waals surface area (Å²) in [7, 11) is 0. The van der Waals surface area contributed by atoms with Crippen LogP contribution < -0.4 is 0 Å². The fraction of sp³-hybridized carbons (Fsp3) is 0.714. The van der Waals surface area contributed by atoms with Crippen LogP contribution in [-0.2, 0) is 4.74 Å². The Kier molecular flexibility index (Phi) is 8.38. The second-order valence-corrected chi connectivity index (χ2v) is 4.73. The molecule has 100 valence electrons. The molecule has 3 heteroatoms. The van der Waals surface area contributed by atoms with Crippen molar-refractivity contribution in [2.45, 2.75) is 53.4 Å². The second-order valence-electron chi connectivity index (χ2n) is 4.73. The molecule has 2 N–H and O–H groups in total. The minimum Gasteiger partial charge on any atom is -0.512 e. The maximum atomic E-state index is 9.11. The summed E-state index contributed by atoms with van der Waals surface area (Å²) in [5.41, 5.74) is 0. The van der Waals surface area contributed by atoms with Gasteiger partial charge in [0.25, 0.3) is 0 Å². The van der Waals surface area contributed by atoms with Gasteiger partial charge >= 0.3 is 0 Å². The minimum atomic E-state index is 0.456. The first-order chi connectivity index (χ1) is 8.07. The summed E-state index contributed by atoms with van der Waals surface area (Å²) < 4.78 is 5.52. The topological polar surface area (TPSA) is 49.7 Å². The molecule has 0 aromatic carbocycles. The van der Waals surface area contributed by atoms with Gasteiger partial charge in [-0.2, -0.15) is 0 Å². The molecule has 0 amide bonds. The molecule has 3 nitrogen and oxygen atoms in total. The Balaban J connectivity index is 4.34. The highest BCUT2D eigenvalue weighted by Gasteiger charge is 2.11. The van der Waals surface area contributed by atoms with Crippen molar-refractivity contribution >= 4 is 0 Å². The normalized spacial score (nSPS) is 16.7. The highest BCUT2D eigenvalue weighted by Crippen LogP contribution is 2.22. The van der Waals surface area contributed by atoms with E-state index in [1.165, 1.54) is 0 Å². The van der Waals surface area contributed by atoms with Crippen LogP contribution >= 0.6 is 0 Å². The predicted octanol–water partition coefficient (Wildman–Crippen LogP) is 4.67. The first kappa shape index (κ1) is 15.9. The molecule has 0 aliphatic rings. The molecule has 17 heavy (non-hydrogen) atoms. The molecule has 0 heterocycles. The van der Waals surface area contributed by atoms with E-state index in [2.05, 4.69) is 27.7 Å². The lowest BCUT2D eigenvalue weighted by Crippen LogP contribution is -2.03. The van der Waals surface area contributed by atoms with Gasteiger partial charge in [0, 0.05) is 12.8 Å². The lowest BCUT2D eigenvalue weighted by atomic mass is 10.0. The third-order valence-corrected chi connectivity index (χ3v) is 3.04. The van der Waals surface area contributed by atoms with Crippen LogP contribution in [0.15, 0.2) is 24.0 Å². The van der Waals surface area contributed by atoms with Gasteiger partial charge < -0.3 is 14.9 Å². The molecular formula is C14H26O3. The summed E-state index contributed by atoms with van der Waals surface area (Å²) in [5.74, 6) is 1.94. The van der Waals surface area contributed by atoms with Gasteiger partial charge in [-0.1, -0.05) is 40.5 Å². The number of rotatable bonds is 8. The quantitative estimate of drug-likeness (QED) is 0.608. The first-order valence-electron chi connectivity index (χ1n) is 6.41. The van der Waals surface area contributed by atoms with Crippen LogP contribution in [-0.4, -0.2) is 10.2 Å². The van der Waals surface area contributed by atoms with Crippen molar-refractivity contribution in [3.63, 3.8) is 0 Å². The predicted molar refractivity (Wildman–Crippen MR) is 70.7 cm³/mol. The SMILES string of the molecule is CCC(C)CC(=CO)OC(=CO)CC(C)CC. The van der Waals surface area contributed by atoms with Crippen molar-refractivity contribution in [1.82, 2.24) is 0 Å². The van der Waals surface area contributed by atoms with Gasteiger partial charge in [0.05, 0.1) is 0 Å². The van der Waals surface area contributed by atoms with Crippen LogP contribution in [0.2, 0.25) is 0 Å². The minimum absolute atomic E-state index is 0.456. The van der Waals surface area contributed by atoms with Gasteiger partial charge in [0.15, 0.2) is 0 Å². The van der Waals surface area contributed by atoms with Crippen molar-refractivity contribution in [1.29, 1.82) is 0 Å². The third-order valence-electron chi connectivity index (χ3n) is 3.04. The van der Waals surface area contributed by atoms with Crippen LogP contribution in [0.25, 0.3) is 0 Å². The monoisotopic (exact) mass is 242 g/mol. The Bertz CT molecular complexity index is 230. The van der Waals surface area contributed by atoms with E-state index in [0.717, 1.165) is 25.4 Å². The van der Waals surface area contributed by atoms with Gasteiger partial charge in [-0.05, 0) is 11.8 Å². The van der Waals surface area contributed by atoms with Crippen LogP contribution in [0, 0.1) is 11.8 Å². The summed E-state index contributed by atoms with van der Waals surface area (Å²) in [6.07, 6.45) is 5.42. The number of ether oxygens (including phenoxy) is 1. The number of aliphatic hydroxyl groups excluding tert-OH is 2. The number of hydrogen-bond donors (Lipinski definition) is 2.